The molecule has 0 saturated heterocycles. The minimum Gasteiger partial charge on any atom is -0.508 e. The zero-order chi connectivity index (χ0) is 10.7. The lowest BCUT2D eigenvalue weighted by molar-refractivity contribution is 0.469. The Morgan fingerprint density at radius 1 is 1.47 bits per heavy atom. The first-order valence-electron chi connectivity index (χ1n) is 4.46. The van der Waals surface area contributed by atoms with E-state index in [1.807, 2.05) is 0 Å². The molecule has 0 atom stereocenters. The summed E-state index contributed by atoms with van der Waals surface area (Å²) in [7, 11) is 0. The van der Waals surface area contributed by atoms with Gasteiger partial charge < -0.3 is 10.4 Å². The average molecular weight is 224 g/mol. The number of benzene rings is 1. The number of nitrogens with zero attached hydrogens (tertiary/aromatic N) is 1. The molecule has 1 heterocycles. The predicted octanol–water partition coefficient (Wildman–Crippen LogP) is 2.38. The number of hydrogen-bond donors (Lipinski definition) is 3. The Labute approximate surface area is 91.9 Å². The number of aromatic nitrogens is 2. The number of rotatable bonds is 3. The van der Waals surface area contributed by atoms with Gasteiger partial charge in [-0.1, -0.05) is 17.7 Å². The molecule has 0 spiro atoms. The van der Waals surface area contributed by atoms with Crippen LogP contribution >= 0.6 is 11.6 Å². The van der Waals surface area contributed by atoms with E-state index in [0.717, 1.165) is 5.69 Å². The fraction of sp³-hybridized carbons (Fsp3) is 0.100. The summed E-state index contributed by atoms with van der Waals surface area (Å²) in [6, 6.07) is 5.06. The molecule has 0 aliphatic heterocycles. The van der Waals surface area contributed by atoms with E-state index in [0.29, 0.717) is 17.1 Å². The topological polar surface area (TPSA) is 60.9 Å². The molecule has 4 nitrogen and oxygen atoms in total. The molecule has 3 N–H and O–H groups in total. The standard InChI is InChI=1S/C10H10ClN3O/c11-9-2-1-3-10(15)8(9)6-12-7-4-13-14-5-7/h1-5,12,15H,6H2,(H,13,14). The maximum absolute atomic E-state index is 9.57. The molecule has 2 rings (SSSR count). The second-order valence-electron chi connectivity index (χ2n) is 3.08. The van der Waals surface area contributed by atoms with Gasteiger partial charge in [-0.05, 0) is 12.1 Å². The van der Waals surface area contributed by atoms with Gasteiger partial charge >= 0.3 is 0 Å². The van der Waals surface area contributed by atoms with Crippen LogP contribution in [0.25, 0.3) is 0 Å². The van der Waals surface area contributed by atoms with Crippen LogP contribution in [-0.4, -0.2) is 15.3 Å². The van der Waals surface area contributed by atoms with Crippen molar-refractivity contribution in [2.24, 2.45) is 0 Å². The molecular weight excluding hydrogens is 214 g/mol. The SMILES string of the molecule is Oc1cccc(Cl)c1CNc1cn[nH]c1. The molecule has 5 heteroatoms. The van der Waals surface area contributed by atoms with Crippen molar-refractivity contribution in [1.82, 2.24) is 10.2 Å². The highest BCUT2D eigenvalue weighted by molar-refractivity contribution is 6.31. The highest BCUT2D eigenvalue weighted by atomic mass is 35.5. The summed E-state index contributed by atoms with van der Waals surface area (Å²) in [5, 5.41) is 19.7. The molecule has 1 aromatic heterocycles. The Kier molecular flexibility index (Phi) is 2.78. The number of aromatic hydroxyl groups is 1. The van der Waals surface area contributed by atoms with E-state index in [9.17, 15) is 5.11 Å². The predicted molar refractivity (Wildman–Crippen MR) is 59.0 cm³/mol. The fourth-order valence-electron chi connectivity index (χ4n) is 1.26. The summed E-state index contributed by atoms with van der Waals surface area (Å²) in [5.74, 6) is 0.193. The van der Waals surface area contributed by atoms with Crippen LogP contribution in [0, 0.1) is 0 Å². The van der Waals surface area contributed by atoms with Crippen LogP contribution in [0.2, 0.25) is 5.02 Å². The zero-order valence-electron chi connectivity index (χ0n) is 7.87. The second kappa shape index (κ2) is 4.23. The quantitative estimate of drug-likeness (QED) is 0.749. The monoisotopic (exact) mass is 223 g/mol. The highest BCUT2D eigenvalue weighted by Crippen LogP contribution is 2.25. The first-order valence-corrected chi connectivity index (χ1v) is 4.84. The first kappa shape index (κ1) is 9.86. The minimum atomic E-state index is 0.193. The van der Waals surface area contributed by atoms with Gasteiger partial charge in [-0.15, -0.1) is 0 Å². The van der Waals surface area contributed by atoms with Gasteiger partial charge in [0.15, 0.2) is 0 Å². The Morgan fingerprint density at radius 2 is 2.33 bits per heavy atom. The maximum Gasteiger partial charge on any atom is 0.122 e. The van der Waals surface area contributed by atoms with Gasteiger partial charge in [-0.2, -0.15) is 5.10 Å². The van der Waals surface area contributed by atoms with Crippen molar-refractivity contribution in [2.75, 3.05) is 5.32 Å². The van der Waals surface area contributed by atoms with E-state index in [4.69, 9.17) is 11.6 Å². The number of hydrogen-bond acceptors (Lipinski definition) is 3. The zero-order valence-corrected chi connectivity index (χ0v) is 8.62. The van der Waals surface area contributed by atoms with Gasteiger partial charge in [0, 0.05) is 23.3 Å². The summed E-state index contributed by atoms with van der Waals surface area (Å²) in [5.41, 5.74) is 1.54. The van der Waals surface area contributed by atoms with Crippen molar-refractivity contribution in [1.29, 1.82) is 0 Å². The van der Waals surface area contributed by atoms with Crippen LogP contribution in [0.5, 0.6) is 5.75 Å². The van der Waals surface area contributed by atoms with Crippen molar-refractivity contribution in [2.45, 2.75) is 6.54 Å². The van der Waals surface area contributed by atoms with Gasteiger partial charge in [0.05, 0.1) is 11.9 Å². The molecular formula is C10H10ClN3O. The van der Waals surface area contributed by atoms with E-state index in [2.05, 4.69) is 15.5 Å². The molecule has 0 saturated carbocycles. The third-order valence-corrected chi connectivity index (χ3v) is 2.42. The largest absolute Gasteiger partial charge is 0.508 e. The van der Waals surface area contributed by atoms with E-state index in [1.54, 1.807) is 30.6 Å². The first-order chi connectivity index (χ1) is 7.27. The number of halogens is 1. The van der Waals surface area contributed by atoms with Gasteiger partial charge in [0.1, 0.15) is 5.75 Å². The second-order valence-corrected chi connectivity index (χ2v) is 3.49. The minimum absolute atomic E-state index is 0.193. The number of nitrogens with one attached hydrogen (secondary N) is 2. The number of phenolic OH excluding ortho intramolecular Hbond substituents is 1. The molecule has 15 heavy (non-hydrogen) atoms. The third kappa shape index (κ3) is 2.22. The van der Waals surface area contributed by atoms with Gasteiger partial charge in [-0.25, -0.2) is 0 Å². The van der Waals surface area contributed by atoms with Crippen molar-refractivity contribution < 1.29 is 5.11 Å². The van der Waals surface area contributed by atoms with Crippen LogP contribution < -0.4 is 5.32 Å². The van der Waals surface area contributed by atoms with Crippen LogP contribution in [0.3, 0.4) is 0 Å². The van der Waals surface area contributed by atoms with E-state index < -0.39 is 0 Å². The Hall–Kier alpha value is -1.68. The van der Waals surface area contributed by atoms with E-state index in [1.165, 1.54) is 0 Å². The Bertz CT molecular complexity index is 422. The van der Waals surface area contributed by atoms with Gasteiger partial charge in [0.25, 0.3) is 0 Å². The van der Waals surface area contributed by atoms with Crippen molar-refractivity contribution in [3.8, 4) is 5.75 Å². The van der Waals surface area contributed by atoms with Gasteiger partial charge in [-0.3, -0.25) is 5.10 Å². The lowest BCUT2D eigenvalue weighted by Crippen LogP contribution is -1.99. The maximum atomic E-state index is 9.57. The number of H-pyrrole nitrogens is 1. The van der Waals surface area contributed by atoms with E-state index in [-0.39, 0.29) is 5.75 Å². The van der Waals surface area contributed by atoms with E-state index >= 15 is 0 Å². The highest BCUT2D eigenvalue weighted by Gasteiger charge is 2.05. The summed E-state index contributed by atoms with van der Waals surface area (Å²) in [6.07, 6.45) is 3.39. The molecule has 0 aliphatic carbocycles. The molecule has 0 fully saturated rings. The normalized spacial score (nSPS) is 10.2. The smallest absolute Gasteiger partial charge is 0.122 e. The Morgan fingerprint density at radius 3 is 3.00 bits per heavy atom. The molecule has 2 aromatic rings. The number of phenols is 1. The summed E-state index contributed by atoms with van der Waals surface area (Å²) < 4.78 is 0. The molecule has 0 amide bonds. The lowest BCUT2D eigenvalue weighted by Gasteiger charge is -2.07. The Balaban J connectivity index is 2.11. The molecule has 0 unspecified atom stereocenters. The fourth-order valence-corrected chi connectivity index (χ4v) is 1.50. The average Bonchev–Trinajstić information content (AvgIpc) is 2.70. The summed E-state index contributed by atoms with van der Waals surface area (Å²) >= 11 is 5.95. The molecule has 0 radical (unpaired) electrons. The van der Waals surface area contributed by atoms with Gasteiger partial charge in [0.2, 0.25) is 0 Å². The molecule has 1 aromatic carbocycles. The molecule has 78 valence electrons. The van der Waals surface area contributed by atoms with Crippen molar-refractivity contribution in [3.05, 3.63) is 41.2 Å². The molecule has 0 aliphatic rings. The van der Waals surface area contributed by atoms with Crippen molar-refractivity contribution >= 4 is 17.3 Å². The van der Waals surface area contributed by atoms with Crippen LogP contribution in [0.1, 0.15) is 5.56 Å². The summed E-state index contributed by atoms with van der Waals surface area (Å²) in [6.45, 7) is 0.463. The number of anilines is 1. The summed E-state index contributed by atoms with van der Waals surface area (Å²) in [4.78, 5) is 0. The molecule has 0 bridgehead atoms. The van der Waals surface area contributed by atoms with Crippen LogP contribution in [0.4, 0.5) is 5.69 Å². The van der Waals surface area contributed by atoms with Crippen molar-refractivity contribution in [3.63, 3.8) is 0 Å². The third-order valence-electron chi connectivity index (χ3n) is 2.06. The lowest BCUT2D eigenvalue weighted by atomic mass is 10.2. The number of aromatic amines is 1. The van der Waals surface area contributed by atoms with Crippen LogP contribution in [-0.2, 0) is 6.54 Å². The van der Waals surface area contributed by atoms with Crippen LogP contribution in [0.15, 0.2) is 30.6 Å².